The SMILES string of the molecule is Cc1ccc(S(=O)(=O)CC#N)cc1.N#CC1CC(c2cccc(Cl)c2Cl)c2ccccc21.O=C1CC(c2cccc(Cl)c2Cl)c2ccccc21. The van der Waals surface area contributed by atoms with Crippen molar-refractivity contribution in [3.8, 4) is 12.1 Å². The van der Waals surface area contributed by atoms with Gasteiger partial charge in [0.1, 0.15) is 5.75 Å². The van der Waals surface area contributed by atoms with Crippen LogP contribution in [0, 0.1) is 29.6 Å². The fourth-order valence-electron chi connectivity index (χ4n) is 6.28. The van der Waals surface area contributed by atoms with Gasteiger partial charge in [0.2, 0.25) is 0 Å². The van der Waals surface area contributed by atoms with Crippen LogP contribution in [0.3, 0.4) is 0 Å². The topological polar surface area (TPSA) is 98.8 Å². The summed E-state index contributed by atoms with van der Waals surface area (Å²) in [7, 11) is -3.39. The minimum absolute atomic E-state index is 0.0277. The maximum Gasteiger partial charge on any atom is 0.191 e. The molecule has 7 rings (SSSR count). The van der Waals surface area contributed by atoms with Crippen LogP contribution < -0.4 is 0 Å². The molecule has 0 saturated heterocycles. The second kappa shape index (κ2) is 16.3. The van der Waals surface area contributed by atoms with Crippen molar-refractivity contribution in [2.45, 2.75) is 42.4 Å². The number of hydrogen-bond acceptors (Lipinski definition) is 5. The standard InChI is InChI=1S/C16H11Cl2N.C15H10Cl2O.C9H9NO2S/c17-15-7-3-6-13(16(15)18)14-8-10(9-19)11-4-1-2-5-12(11)14;16-13-7-3-6-11(15(13)17)12-8-14(18)10-5-2-1-4-9(10)12;1-8-2-4-9(5-3-8)13(11,12)7-6-10/h1-7,10,14H,8H2;1-7,12H,8H2;2-5H,7H2,1H3. The number of Topliss-reactive ketones (excluding diaryl/α,β-unsaturated/α-hetero) is 1. The average Bonchev–Trinajstić information content (AvgIpc) is 3.65. The third-order valence-corrected chi connectivity index (χ3v) is 11.9. The van der Waals surface area contributed by atoms with E-state index >= 15 is 0 Å². The number of fused-ring (bicyclic) bond motifs is 2. The second-order valence-corrected chi connectivity index (χ2v) is 15.4. The highest BCUT2D eigenvalue weighted by atomic mass is 35.5. The minimum atomic E-state index is -3.39. The molecule has 0 N–H and O–H groups in total. The van der Waals surface area contributed by atoms with E-state index in [1.807, 2.05) is 73.7 Å². The predicted molar refractivity (Wildman–Crippen MR) is 200 cm³/mol. The van der Waals surface area contributed by atoms with E-state index in [4.69, 9.17) is 51.7 Å². The summed E-state index contributed by atoms with van der Waals surface area (Å²) < 4.78 is 22.6. The lowest BCUT2D eigenvalue weighted by atomic mass is 9.93. The zero-order chi connectivity index (χ0) is 36.0. The highest BCUT2D eigenvalue weighted by Crippen LogP contribution is 2.47. The van der Waals surface area contributed by atoms with Crippen molar-refractivity contribution in [2.75, 3.05) is 5.75 Å². The van der Waals surface area contributed by atoms with E-state index in [2.05, 4.69) is 12.1 Å². The molecule has 0 radical (unpaired) electrons. The fraction of sp³-hybridized carbons (Fsp3) is 0.175. The Morgan fingerprint density at radius 1 is 0.660 bits per heavy atom. The first-order valence-electron chi connectivity index (χ1n) is 15.6. The van der Waals surface area contributed by atoms with Crippen molar-refractivity contribution in [3.05, 3.63) is 168 Å². The molecule has 0 saturated carbocycles. The van der Waals surface area contributed by atoms with Crippen LogP contribution in [-0.2, 0) is 9.84 Å². The molecule has 0 aliphatic heterocycles. The first kappa shape index (κ1) is 37.1. The molecule has 3 unspecified atom stereocenters. The summed E-state index contributed by atoms with van der Waals surface area (Å²) in [4.78, 5) is 12.2. The third kappa shape index (κ3) is 8.08. The molecule has 10 heteroatoms. The first-order valence-corrected chi connectivity index (χ1v) is 18.8. The maximum absolute atomic E-state index is 12.0. The molecule has 0 spiro atoms. The Labute approximate surface area is 312 Å². The minimum Gasteiger partial charge on any atom is -0.294 e. The van der Waals surface area contributed by atoms with Crippen LogP contribution in [0.15, 0.2) is 114 Å². The van der Waals surface area contributed by atoms with Gasteiger partial charge >= 0.3 is 0 Å². The number of carbonyl (C=O) groups is 1. The van der Waals surface area contributed by atoms with Crippen LogP contribution in [0.4, 0.5) is 0 Å². The normalized spacial score (nSPS) is 17.2. The Balaban J connectivity index is 0.000000149. The molecule has 50 heavy (non-hydrogen) atoms. The number of carbonyl (C=O) groups excluding carboxylic acids is 1. The molecule has 3 atom stereocenters. The van der Waals surface area contributed by atoms with Gasteiger partial charge in [-0.1, -0.05) is 137 Å². The van der Waals surface area contributed by atoms with Gasteiger partial charge in [0.25, 0.3) is 0 Å². The number of aryl methyl sites for hydroxylation is 1. The monoisotopic (exact) mass is 758 g/mol. The Bertz CT molecular complexity index is 2240. The van der Waals surface area contributed by atoms with Crippen LogP contribution in [0.5, 0.6) is 0 Å². The number of nitrogens with zero attached hydrogens (tertiary/aromatic N) is 2. The first-order chi connectivity index (χ1) is 24.0. The van der Waals surface area contributed by atoms with Crippen LogP contribution in [0.25, 0.3) is 0 Å². The van der Waals surface area contributed by atoms with Gasteiger partial charge in [0.05, 0.1) is 43.0 Å². The van der Waals surface area contributed by atoms with E-state index in [9.17, 15) is 18.5 Å². The van der Waals surface area contributed by atoms with Gasteiger partial charge in [-0.05, 0) is 65.4 Å². The molecule has 5 aromatic carbocycles. The summed E-state index contributed by atoms with van der Waals surface area (Å²) >= 11 is 24.7. The Kier molecular flexibility index (Phi) is 12.1. The summed E-state index contributed by atoms with van der Waals surface area (Å²) in [5.74, 6) is -0.161. The molecular formula is C40H30Cl4N2O3S. The van der Waals surface area contributed by atoms with Crippen LogP contribution >= 0.6 is 46.4 Å². The number of hydrogen-bond donors (Lipinski definition) is 0. The second-order valence-electron chi connectivity index (χ2n) is 11.9. The molecule has 252 valence electrons. The molecular weight excluding hydrogens is 730 g/mol. The molecule has 2 aliphatic rings. The number of ketones is 1. The van der Waals surface area contributed by atoms with E-state index in [0.717, 1.165) is 39.8 Å². The lowest BCUT2D eigenvalue weighted by Crippen LogP contribution is -2.04. The van der Waals surface area contributed by atoms with Crippen molar-refractivity contribution in [2.24, 2.45) is 0 Å². The average molecular weight is 761 g/mol. The zero-order valence-corrected chi connectivity index (χ0v) is 30.6. The Morgan fingerprint density at radius 3 is 1.76 bits per heavy atom. The van der Waals surface area contributed by atoms with Gasteiger partial charge in [0, 0.05) is 23.8 Å². The number of nitriles is 2. The van der Waals surface area contributed by atoms with Crippen molar-refractivity contribution < 1.29 is 13.2 Å². The molecule has 0 bridgehead atoms. The highest BCUT2D eigenvalue weighted by Gasteiger charge is 2.33. The zero-order valence-electron chi connectivity index (χ0n) is 26.8. The summed E-state index contributed by atoms with van der Waals surface area (Å²) in [5, 5.41) is 19.8. The molecule has 0 aromatic heterocycles. The molecule has 5 nitrogen and oxygen atoms in total. The van der Waals surface area contributed by atoms with E-state index in [1.165, 1.54) is 17.7 Å². The number of benzene rings is 5. The molecule has 0 heterocycles. The van der Waals surface area contributed by atoms with E-state index in [1.54, 1.807) is 30.3 Å². The van der Waals surface area contributed by atoms with Gasteiger partial charge < -0.3 is 0 Å². The van der Waals surface area contributed by atoms with Gasteiger partial charge in [0.15, 0.2) is 15.6 Å². The van der Waals surface area contributed by atoms with Crippen LogP contribution in [0.2, 0.25) is 20.1 Å². The third-order valence-electron chi connectivity index (χ3n) is 8.75. The molecule has 2 aliphatic carbocycles. The van der Waals surface area contributed by atoms with Crippen molar-refractivity contribution in [1.29, 1.82) is 10.5 Å². The van der Waals surface area contributed by atoms with Crippen molar-refractivity contribution in [1.82, 2.24) is 0 Å². The molecule has 0 fully saturated rings. The Hall–Kier alpha value is -4.14. The summed E-state index contributed by atoms with van der Waals surface area (Å²) in [5.41, 5.74) is 7.10. The molecule has 0 amide bonds. The van der Waals surface area contributed by atoms with E-state index in [-0.39, 0.29) is 28.4 Å². The maximum atomic E-state index is 12.0. The summed E-state index contributed by atoms with van der Waals surface area (Å²) in [6.45, 7) is 1.88. The lowest BCUT2D eigenvalue weighted by molar-refractivity contribution is 0.0991. The summed E-state index contributed by atoms with van der Waals surface area (Å²) in [6.07, 6.45) is 1.25. The van der Waals surface area contributed by atoms with Crippen molar-refractivity contribution >= 4 is 62.0 Å². The van der Waals surface area contributed by atoms with Gasteiger partial charge in [-0.25, -0.2) is 8.42 Å². The number of sulfone groups is 1. The van der Waals surface area contributed by atoms with E-state index < -0.39 is 15.6 Å². The predicted octanol–water partition coefficient (Wildman–Crippen LogP) is 11.1. The summed E-state index contributed by atoms with van der Waals surface area (Å²) in [6, 6.07) is 37.5. The lowest BCUT2D eigenvalue weighted by Gasteiger charge is -2.14. The van der Waals surface area contributed by atoms with E-state index in [0.29, 0.717) is 26.5 Å². The fourth-order valence-corrected chi connectivity index (χ4v) is 8.05. The molecule has 5 aromatic rings. The van der Waals surface area contributed by atoms with Crippen LogP contribution in [0.1, 0.15) is 74.3 Å². The number of rotatable bonds is 4. The quantitative estimate of drug-likeness (QED) is 0.182. The van der Waals surface area contributed by atoms with Gasteiger partial charge in [-0.3, -0.25) is 4.79 Å². The van der Waals surface area contributed by atoms with Gasteiger partial charge in [-0.2, -0.15) is 10.5 Å². The number of halogens is 4. The van der Waals surface area contributed by atoms with Crippen molar-refractivity contribution in [3.63, 3.8) is 0 Å². The smallest absolute Gasteiger partial charge is 0.191 e. The highest BCUT2D eigenvalue weighted by molar-refractivity contribution is 7.91. The van der Waals surface area contributed by atoms with Gasteiger partial charge in [-0.15, -0.1) is 0 Å². The largest absolute Gasteiger partial charge is 0.294 e. The Morgan fingerprint density at radius 2 is 1.18 bits per heavy atom. The van der Waals surface area contributed by atoms with Crippen LogP contribution in [-0.4, -0.2) is 20.0 Å².